The van der Waals surface area contributed by atoms with Crippen molar-refractivity contribution in [2.45, 2.75) is 31.7 Å². The van der Waals surface area contributed by atoms with Crippen LogP contribution in [0.25, 0.3) is 0 Å². The van der Waals surface area contributed by atoms with Crippen molar-refractivity contribution in [2.75, 3.05) is 0 Å². The number of benzene rings is 1. The molecule has 1 aromatic rings. The summed E-state index contributed by atoms with van der Waals surface area (Å²) in [6.45, 7) is 0. The lowest BCUT2D eigenvalue weighted by Gasteiger charge is -2.19. The maximum Gasteiger partial charge on any atom is 0.573 e. The van der Waals surface area contributed by atoms with E-state index in [0.29, 0.717) is 23.3 Å². The molecule has 0 aliphatic heterocycles. The zero-order valence-corrected chi connectivity index (χ0v) is 10.4. The number of para-hydroxylation sites is 1. The second-order valence-corrected chi connectivity index (χ2v) is 5.45. The smallest absolute Gasteiger partial charge is 0.405 e. The van der Waals surface area contributed by atoms with E-state index in [4.69, 9.17) is 5.73 Å². The Kier molecular flexibility index (Phi) is 2.96. The first-order valence-electron chi connectivity index (χ1n) is 6.57. The largest absolute Gasteiger partial charge is 0.573 e. The molecule has 2 N–H and O–H groups in total. The second-order valence-electron chi connectivity index (χ2n) is 5.45. The van der Waals surface area contributed by atoms with Crippen molar-refractivity contribution in [3.8, 4) is 5.75 Å². The summed E-state index contributed by atoms with van der Waals surface area (Å²) < 4.78 is 41.2. The average molecular weight is 271 g/mol. The minimum absolute atomic E-state index is 0.160. The molecule has 0 aromatic heterocycles. The Balaban J connectivity index is 1.80. The molecule has 0 amide bonds. The van der Waals surface area contributed by atoms with Gasteiger partial charge in [0.2, 0.25) is 0 Å². The van der Waals surface area contributed by atoms with Crippen molar-refractivity contribution in [1.82, 2.24) is 0 Å². The molecule has 0 heterocycles. The predicted octanol–water partition coefficient (Wildman–Crippen LogP) is 3.63. The molecule has 0 bridgehead atoms. The molecule has 19 heavy (non-hydrogen) atoms. The SMILES string of the molecule is NC(c1ccccc1OC(F)(F)F)C1C2CCCC21. The van der Waals surface area contributed by atoms with E-state index >= 15 is 0 Å². The van der Waals surface area contributed by atoms with Crippen molar-refractivity contribution in [1.29, 1.82) is 0 Å². The van der Waals surface area contributed by atoms with Crippen molar-refractivity contribution in [3.05, 3.63) is 29.8 Å². The second kappa shape index (κ2) is 4.40. The third-order valence-corrected chi connectivity index (χ3v) is 4.39. The lowest BCUT2D eigenvalue weighted by atomic mass is 9.97. The molecule has 0 spiro atoms. The van der Waals surface area contributed by atoms with Gasteiger partial charge >= 0.3 is 6.36 Å². The van der Waals surface area contributed by atoms with E-state index in [1.807, 2.05) is 0 Å². The number of ether oxygens (including phenoxy) is 1. The van der Waals surface area contributed by atoms with Crippen LogP contribution in [0.2, 0.25) is 0 Å². The molecule has 2 fully saturated rings. The number of halogens is 3. The van der Waals surface area contributed by atoms with Gasteiger partial charge in [0.1, 0.15) is 5.75 Å². The molecule has 3 unspecified atom stereocenters. The van der Waals surface area contributed by atoms with Crippen LogP contribution in [0.3, 0.4) is 0 Å². The van der Waals surface area contributed by atoms with Crippen molar-refractivity contribution in [2.24, 2.45) is 23.5 Å². The molecule has 3 atom stereocenters. The van der Waals surface area contributed by atoms with Gasteiger partial charge in [-0.1, -0.05) is 24.6 Å². The van der Waals surface area contributed by atoms with E-state index in [2.05, 4.69) is 4.74 Å². The first-order valence-corrected chi connectivity index (χ1v) is 6.57. The van der Waals surface area contributed by atoms with Crippen LogP contribution in [0.1, 0.15) is 30.9 Å². The fraction of sp³-hybridized carbons (Fsp3) is 0.571. The average Bonchev–Trinajstić information content (AvgIpc) is 2.80. The van der Waals surface area contributed by atoms with E-state index < -0.39 is 6.36 Å². The van der Waals surface area contributed by atoms with Gasteiger partial charge in [0.05, 0.1) is 0 Å². The summed E-state index contributed by atoms with van der Waals surface area (Å²) in [5.74, 6) is 1.38. The molecule has 2 nitrogen and oxygen atoms in total. The van der Waals surface area contributed by atoms with E-state index in [1.165, 1.54) is 18.6 Å². The van der Waals surface area contributed by atoms with Gasteiger partial charge in [-0.25, -0.2) is 0 Å². The molecule has 3 rings (SSSR count). The van der Waals surface area contributed by atoms with Crippen molar-refractivity contribution in [3.63, 3.8) is 0 Å². The Labute approximate surface area is 109 Å². The summed E-state index contributed by atoms with van der Waals surface area (Å²) in [4.78, 5) is 0. The van der Waals surface area contributed by atoms with Crippen LogP contribution >= 0.6 is 0 Å². The molecule has 2 saturated carbocycles. The number of rotatable bonds is 3. The van der Waals surface area contributed by atoms with Gasteiger partial charge in [0.25, 0.3) is 0 Å². The van der Waals surface area contributed by atoms with E-state index in [-0.39, 0.29) is 11.8 Å². The molecular weight excluding hydrogens is 255 g/mol. The lowest BCUT2D eigenvalue weighted by Crippen LogP contribution is -2.21. The van der Waals surface area contributed by atoms with Gasteiger partial charge in [-0.05, 0) is 36.7 Å². The molecule has 2 aliphatic rings. The first kappa shape index (κ1) is 12.8. The van der Waals surface area contributed by atoms with Crippen LogP contribution in [0.4, 0.5) is 13.2 Å². The Hall–Kier alpha value is -1.23. The summed E-state index contributed by atoms with van der Waals surface area (Å²) in [5, 5.41) is 0. The molecule has 104 valence electrons. The summed E-state index contributed by atoms with van der Waals surface area (Å²) in [7, 11) is 0. The van der Waals surface area contributed by atoms with Crippen LogP contribution in [0, 0.1) is 17.8 Å². The first-order chi connectivity index (χ1) is 8.97. The Morgan fingerprint density at radius 1 is 1.16 bits per heavy atom. The van der Waals surface area contributed by atoms with Crippen molar-refractivity contribution >= 4 is 0 Å². The number of alkyl halides is 3. The zero-order valence-electron chi connectivity index (χ0n) is 10.4. The van der Waals surface area contributed by atoms with Crippen LogP contribution < -0.4 is 10.5 Å². The molecule has 2 aliphatic carbocycles. The van der Waals surface area contributed by atoms with Gasteiger partial charge in [0, 0.05) is 11.6 Å². The predicted molar refractivity (Wildman–Crippen MR) is 64.4 cm³/mol. The molecule has 5 heteroatoms. The molecule has 0 radical (unpaired) electrons. The Bertz CT molecular complexity index is 464. The normalized spacial score (nSPS) is 30.8. The third kappa shape index (κ3) is 2.43. The highest BCUT2D eigenvalue weighted by atomic mass is 19.4. The molecule has 0 saturated heterocycles. The van der Waals surface area contributed by atoms with E-state index in [9.17, 15) is 13.2 Å². The Morgan fingerprint density at radius 2 is 1.79 bits per heavy atom. The maximum atomic E-state index is 12.4. The third-order valence-electron chi connectivity index (χ3n) is 4.39. The minimum atomic E-state index is -4.67. The molecule has 1 aromatic carbocycles. The van der Waals surface area contributed by atoms with Crippen LogP contribution in [-0.4, -0.2) is 6.36 Å². The fourth-order valence-electron chi connectivity index (χ4n) is 3.59. The Morgan fingerprint density at radius 3 is 2.42 bits per heavy atom. The number of hydrogen-bond acceptors (Lipinski definition) is 2. The number of fused-ring (bicyclic) bond motifs is 1. The summed E-state index contributed by atoms with van der Waals surface area (Å²) >= 11 is 0. The summed E-state index contributed by atoms with van der Waals surface area (Å²) in [6, 6.07) is 5.86. The topological polar surface area (TPSA) is 35.2 Å². The van der Waals surface area contributed by atoms with Gasteiger partial charge in [0.15, 0.2) is 0 Å². The highest BCUT2D eigenvalue weighted by Gasteiger charge is 2.55. The van der Waals surface area contributed by atoms with Gasteiger partial charge < -0.3 is 10.5 Å². The number of hydrogen-bond donors (Lipinski definition) is 1. The monoisotopic (exact) mass is 271 g/mol. The quantitative estimate of drug-likeness (QED) is 0.911. The lowest BCUT2D eigenvalue weighted by molar-refractivity contribution is -0.275. The van der Waals surface area contributed by atoms with Gasteiger partial charge in [-0.3, -0.25) is 0 Å². The highest BCUT2D eigenvalue weighted by Crippen LogP contribution is 2.62. The minimum Gasteiger partial charge on any atom is -0.405 e. The summed E-state index contributed by atoms with van der Waals surface area (Å²) in [5.41, 5.74) is 6.63. The number of nitrogens with two attached hydrogens (primary N) is 1. The van der Waals surface area contributed by atoms with Crippen molar-refractivity contribution < 1.29 is 17.9 Å². The van der Waals surface area contributed by atoms with Crippen LogP contribution in [-0.2, 0) is 0 Å². The van der Waals surface area contributed by atoms with Gasteiger partial charge in [-0.2, -0.15) is 0 Å². The zero-order chi connectivity index (χ0) is 13.6. The summed E-state index contributed by atoms with van der Waals surface area (Å²) in [6.07, 6.45) is -1.13. The fourth-order valence-corrected chi connectivity index (χ4v) is 3.59. The van der Waals surface area contributed by atoms with E-state index in [1.54, 1.807) is 12.1 Å². The highest BCUT2D eigenvalue weighted by molar-refractivity contribution is 5.37. The van der Waals surface area contributed by atoms with Crippen LogP contribution in [0.5, 0.6) is 5.75 Å². The van der Waals surface area contributed by atoms with Crippen LogP contribution in [0.15, 0.2) is 24.3 Å². The van der Waals surface area contributed by atoms with E-state index in [0.717, 1.165) is 12.8 Å². The molecular formula is C14H16F3NO. The van der Waals surface area contributed by atoms with Gasteiger partial charge in [-0.15, -0.1) is 13.2 Å². The standard InChI is InChI=1S/C14H16F3NO/c15-14(16,17)19-11-7-2-1-4-10(11)13(18)12-8-5-3-6-9(8)12/h1-2,4,7-9,12-13H,3,5-6,18H2. The maximum absolute atomic E-state index is 12.4.